The molecule has 0 amide bonds. The van der Waals surface area contributed by atoms with Gasteiger partial charge in [0.05, 0.1) is 6.20 Å². The number of nitrogens with zero attached hydrogens (tertiary/aromatic N) is 2. The molecule has 27 heavy (non-hydrogen) atoms. The Morgan fingerprint density at radius 2 is 1.59 bits per heavy atom. The van der Waals surface area contributed by atoms with E-state index in [9.17, 15) is 0 Å². The molecule has 138 valence electrons. The monoisotopic (exact) mass is 357 g/mol. The van der Waals surface area contributed by atoms with Gasteiger partial charge in [0.1, 0.15) is 11.5 Å². The number of hydrogen-bond acceptors (Lipinski definition) is 2. The first kappa shape index (κ1) is 17.6. The molecule has 0 atom stereocenters. The summed E-state index contributed by atoms with van der Waals surface area (Å²) in [6.45, 7) is 13.2. The van der Waals surface area contributed by atoms with Gasteiger partial charge in [-0.25, -0.2) is 4.98 Å². The highest BCUT2D eigenvalue weighted by molar-refractivity contribution is 5.95. The molecular weight excluding hydrogens is 330 g/mol. The van der Waals surface area contributed by atoms with Crippen molar-refractivity contribution in [3.8, 4) is 0 Å². The molecule has 0 saturated carbocycles. The number of pyridine rings is 1. The lowest BCUT2D eigenvalue weighted by Gasteiger charge is -2.21. The Bertz CT molecular complexity index is 1140. The summed E-state index contributed by atoms with van der Waals surface area (Å²) in [7, 11) is 0. The zero-order chi connectivity index (χ0) is 19.3. The van der Waals surface area contributed by atoms with Gasteiger partial charge in [-0.1, -0.05) is 62.7 Å². The maximum absolute atomic E-state index is 4.97. The summed E-state index contributed by atoms with van der Waals surface area (Å²) in [4.78, 5) is 4.97. The molecule has 3 nitrogen and oxygen atoms in total. The van der Waals surface area contributed by atoms with Crippen molar-refractivity contribution in [1.29, 1.82) is 0 Å². The van der Waals surface area contributed by atoms with Gasteiger partial charge in [0.2, 0.25) is 0 Å². The van der Waals surface area contributed by atoms with E-state index in [1.165, 1.54) is 33.2 Å². The van der Waals surface area contributed by atoms with E-state index >= 15 is 0 Å². The fraction of sp³-hybridized carbons (Fsp3) is 0.292. The normalized spacial score (nSPS) is 12.1. The standard InChI is InChI=1S/C24H27N3/c1-15-11-16(2)22(17(3)12-15)25-21-14-27-20(24(4,5)6)13-18-9-7-8-10-19(18)23(27)26-21/h7-14,25H,1-6H3. The molecule has 2 aromatic heterocycles. The van der Waals surface area contributed by atoms with Crippen LogP contribution in [0.15, 0.2) is 48.7 Å². The summed E-state index contributed by atoms with van der Waals surface area (Å²) >= 11 is 0. The highest BCUT2D eigenvalue weighted by Crippen LogP contribution is 2.32. The molecule has 3 heteroatoms. The van der Waals surface area contributed by atoms with Gasteiger partial charge in [0.25, 0.3) is 0 Å². The Morgan fingerprint density at radius 1 is 0.926 bits per heavy atom. The van der Waals surface area contributed by atoms with Crippen molar-refractivity contribution in [1.82, 2.24) is 9.38 Å². The van der Waals surface area contributed by atoms with Gasteiger partial charge in [-0.05, 0) is 43.4 Å². The maximum atomic E-state index is 4.97. The van der Waals surface area contributed by atoms with Crippen molar-refractivity contribution in [2.45, 2.75) is 47.0 Å². The molecule has 0 aliphatic rings. The molecule has 4 rings (SSSR count). The fourth-order valence-corrected chi connectivity index (χ4v) is 3.94. The molecule has 0 spiro atoms. The lowest BCUT2D eigenvalue weighted by molar-refractivity contribution is 0.562. The van der Waals surface area contributed by atoms with E-state index < -0.39 is 0 Å². The third-order valence-corrected chi connectivity index (χ3v) is 5.16. The van der Waals surface area contributed by atoms with Gasteiger partial charge >= 0.3 is 0 Å². The molecule has 0 unspecified atom stereocenters. The number of fused-ring (bicyclic) bond motifs is 3. The smallest absolute Gasteiger partial charge is 0.149 e. The van der Waals surface area contributed by atoms with Gasteiger partial charge in [-0.15, -0.1) is 0 Å². The van der Waals surface area contributed by atoms with Crippen LogP contribution in [0.1, 0.15) is 43.2 Å². The van der Waals surface area contributed by atoms with Gasteiger partial charge in [-0.2, -0.15) is 0 Å². The predicted molar refractivity (Wildman–Crippen MR) is 115 cm³/mol. The molecule has 2 aromatic carbocycles. The molecule has 1 N–H and O–H groups in total. The molecule has 0 fully saturated rings. The summed E-state index contributed by atoms with van der Waals surface area (Å²) in [5.74, 6) is 0.881. The summed E-state index contributed by atoms with van der Waals surface area (Å²) in [5.41, 5.74) is 7.20. The topological polar surface area (TPSA) is 29.3 Å². The second-order valence-corrected chi connectivity index (χ2v) is 8.59. The first-order valence-electron chi connectivity index (χ1n) is 9.50. The number of nitrogens with one attached hydrogen (secondary N) is 1. The van der Waals surface area contributed by atoms with Gasteiger partial charge in [-0.3, -0.25) is 0 Å². The third kappa shape index (κ3) is 3.08. The van der Waals surface area contributed by atoms with Crippen molar-refractivity contribution in [3.05, 3.63) is 71.0 Å². The van der Waals surface area contributed by atoms with Crippen LogP contribution in [0, 0.1) is 20.8 Å². The van der Waals surface area contributed by atoms with Crippen LogP contribution in [0.2, 0.25) is 0 Å². The molecule has 4 aromatic rings. The number of aromatic nitrogens is 2. The average molecular weight is 358 g/mol. The van der Waals surface area contributed by atoms with E-state index in [-0.39, 0.29) is 5.41 Å². The van der Waals surface area contributed by atoms with Gasteiger partial charge in [0, 0.05) is 22.2 Å². The van der Waals surface area contributed by atoms with E-state index in [4.69, 9.17) is 4.98 Å². The second-order valence-electron chi connectivity index (χ2n) is 8.59. The number of imidazole rings is 1. The number of anilines is 2. The van der Waals surface area contributed by atoms with Crippen LogP contribution >= 0.6 is 0 Å². The van der Waals surface area contributed by atoms with Crippen molar-refractivity contribution in [2.24, 2.45) is 0 Å². The summed E-state index contributed by atoms with van der Waals surface area (Å²) in [6, 6.07) is 15.2. The third-order valence-electron chi connectivity index (χ3n) is 5.16. The number of rotatable bonds is 2. The molecule has 0 saturated heterocycles. The Balaban J connectivity index is 1.93. The van der Waals surface area contributed by atoms with E-state index in [0.717, 1.165) is 17.2 Å². The van der Waals surface area contributed by atoms with Gasteiger partial charge < -0.3 is 9.72 Å². The van der Waals surface area contributed by atoms with Crippen molar-refractivity contribution >= 4 is 27.9 Å². The minimum absolute atomic E-state index is 0.0238. The summed E-state index contributed by atoms with van der Waals surface area (Å²) in [5, 5.41) is 5.98. The van der Waals surface area contributed by atoms with Crippen molar-refractivity contribution in [3.63, 3.8) is 0 Å². The summed E-state index contributed by atoms with van der Waals surface area (Å²) in [6.07, 6.45) is 2.13. The number of aryl methyl sites for hydroxylation is 3. The van der Waals surface area contributed by atoms with E-state index in [1.54, 1.807) is 0 Å². The quantitative estimate of drug-likeness (QED) is 0.446. The fourth-order valence-electron chi connectivity index (χ4n) is 3.94. The Kier molecular flexibility index (Phi) is 3.99. The van der Waals surface area contributed by atoms with Crippen LogP contribution in [0.3, 0.4) is 0 Å². The van der Waals surface area contributed by atoms with Crippen molar-refractivity contribution < 1.29 is 0 Å². The first-order valence-corrected chi connectivity index (χ1v) is 9.50. The molecular formula is C24H27N3. The van der Waals surface area contributed by atoms with Crippen LogP contribution in [0.5, 0.6) is 0 Å². The van der Waals surface area contributed by atoms with Crippen LogP contribution in [-0.2, 0) is 5.41 Å². The van der Waals surface area contributed by atoms with Crippen LogP contribution in [0.25, 0.3) is 16.4 Å². The van der Waals surface area contributed by atoms with Gasteiger partial charge in [0.15, 0.2) is 0 Å². The first-order chi connectivity index (χ1) is 12.7. The second kappa shape index (κ2) is 6.12. The Labute approximate surface area is 161 Å². The molecule has 0 bridgehead atoms. The minimum Gasteiger partial charge on any atom is -0.338 e. The Morgan fingerprint density at radius 3 is 2.26 bits per heavy atom. The molecule has 0 aliphatic carbocycles. The lowest BCUT2D eigenvalue weighted by Crippen LogP contribution is -2.16. The van der Waals surface area contributed by atoms with E-state index in [0.29, 0.717) is 0 Å². The molecule has 0 aliphatic heterocycles. The van der Waals surface area contributed by atoms with E-state index in [1.807, 2.05) is 0 Å². The number of benzene rings is 2. The minimum atomic E-state index is 0.0238. The van der Waals surface area contributed by atoms with E-state index in [2.05, 4.69) is 99.9 Å². The highest BCUT2D eigenvalue weighted by Gasteiger charge is 2.20. The number of hydrogen-bond donors (Lipinski definition) is 1. The Hall–Kier alpha value is -2.81. The predicted octanol–water partition coefficient (Wildman–Crippen LogP) is 6.45. The zero-order valence-electron chi connectivity index (χ0n) is 17.0. The average Bonchev–Trinajstić information content (AvgIpc) is 3.00. The van der Waals surface area contributed by atoms with Crippen molar-refractivity contribution in [2.75, 3.05) is 5.32 Å². The largest absolute Gasteiger partial charge is 0.338 e. The lowest BCUT2D eigenvalue weighted by atomic mass is 9.90. The highest BCUT2D eigenvalue weighted by atomic mass is 15.1. The maximum Gasteiger partial charge on any atom is 0.149 e. The summed E-state index contributed by atoms with van der Waals surface area (Å²) < 4.78 is 2.24. The molecule has 2 heterocycles. The SMILES string of the molecule is Cc1cc(C)c(Nc2cn3c(C(C)(C)C)cc4ccccc4c3n2)c(C)c1. The molecule has 0 radical (unpaired) electrons. The van der Waals surface area contributed by atoms with Crippen LogP contribution in [-0.4, -0.2) is 9.38 Å². The zero-order valence-corrected chi connectivity index (χ0v) is 17.0. The van der Waals surface area contributed by atoms with Crippen LogP contribution in [0.4, 0.5) is 11.5 Å². The van der Waals surface area contributed by atoms with Crippen LogP contribution < -0.4 is 5.32 Å².